The van der Waals surface area contributed by atoms with E-state index in [2.05, 4.69) is 4.74 Å². The number of nitrogens with zero attached hydrogens (tertiary/aromatic N) is 2. The molecule has 2 aliphatic heterocycles. The van der Waals surface area contributed by atoms with E-state index in [1.807, 2.05) is 20.8 Å². The fraction of sp³-hybridized carbons (Fsp3) is 0.571. The van der Waals surface area contributed by atoms with Gasteiger partial charge >= 0.3 is 6.36 Å². The second-order valence-corrected chi connectivity index (χ2v) is 9.13. The van der Waals surface area contributed by atoms with Crippen LogP contribution in [0.2, 0.25) is 0 Å². The minimum Gasteiger partial charge on any atom is -0.406 e. The molecule has 2 saturated heterocycles. The van der Waals surface area contributed by atoms with Gasteiger partial charge < -0.3 is 9.64 Å². The van der Waals surface area contributed by atoms with Gasteiger partial charge in [0.05, 0.1) is 5.41 Å². The monoisotopic (exact) mass is 426 g/mol. The molecular weight excluding hydrogens is 401 g/mol. The quantitative estimate of drug-likeness (QED) is 0.736. The number of alkyl halides is 3. The summed E-state index contributed by atoms with van der Waals surface area (Å²) in [5.74, 6) is -1.18. The first-order valence-corrected chi connectivity index (χ1v) is 9.81. The molecule has 30 heavy (non-hydrogen) atoms. The van der Waals surface area contributed by atoms with Gasteiger partial charge in [-0.1, -0.05) is 20.8 Å². The van der Waals surface area contributed by atoms with Crippen LogP contribution in [0.3, 0.4) is 0 Å². The molecule has 1 atom stereocenters. The zero-order valence-corrected chi connectivity index (χ0v) is 17.2. The smallest absolute Gasteiger partial charge is 0.406 e. The van der Waals surface area contributed by atoms with Gasteiger partial charge in [0.1, 0.15) is 5.75 Å². The average Bonchev–Trinajstić information content (AvgIpc) is 2.89. The SMILES string of the molecule is CC(C)(C)CC(=O)N1CCC2(CCN(c3ccc(OC(F)(F)F)cc3)C2=O)CC1=O. The Labute approximate surface area is 173 Å². The molecular formula is C21H25F3N2O4. The number of carbonyl (C=O) groups excluding carboxylic acids is 3. The van der Waals surface area contributed by atoms with Gasteiger partial charge in [-0.3, -0.25) is 19.3 Å². The lowest BCUT2D eigenvalue weighted by atomic mass is 9.76. The first-order valence-electron chi connectivity index (χ1n) is 9.81. The number of rotatable bonds is 3. The molecule has 1 spiro atoms. The zero-order chi connectivity index (χ0) is 22.3. The molecule has 1 aromatic rings. The highest BCUT2D eigenvalue weighted by atomic mass is 19.4. The Morgan fingerprint density at radius 1 is 1.07 bits per heavy atom. The summed E-state index contributed by atoms with van der Waals surface area (Å²) in [5.41, 5.74) is -0.657. The van der Waals surface area contributed by atoms with Crippen LogP contribution in [0.5, 0.6) is 5.75 Å². The number of hydrogen-bond acceptors (Lipinski definition) is 4. The molecule has 0 N–H and O–H groups in total. The fourth-order valence-corrected chi connectivity index (χ4v) is 4.03. The summed E-state index contributed by atoms with van der Waals surface area (Å²) < 4.78 is 40.8. The maximum atomic E-state index is 13.1. The summed E-state index contributed by atoms with van der Waals surface area (Å²) in [4.78, 5) is 40.9. The predicted molar refractivity (Wildman–Crippen MR) is 103 cm³/mol. The Bertz CT molecular complexity index is 845. The number of halogens is 3. The minimum atomic E-state index is -4.78. The number of amides is 3. The molecule has 2 fully saturated rings. The number of imide groups is 1. The van der Waals surface area contributed by atoms with Crippen LogP contribution in [0.1, 0.15) is 46.5 Å². The van der Waals surface area contributed by atoms with Crippen molar-refractivity contribution in [3.05, 3.63) is 24.3 Å². The van der Waals surface area contributed by atoms with Gasteiger partial charge in [-0.2, -0.15) is 0 Å². The number of carbonyl (C=O) groups is 3. The van der Waals surface area contributed by atoms with Crippen LogP contribution in [0.15, 0.2) is 24.3 Å². The molecule has 1 aromatic carbocycles. The van der Waals surface area contributed by atoms with E-state index in [1.165, 1.54) is 21.9 Å². The van der Waals surface area contributed by atoms with E-state index in [0.717, 1.165) is 12.1 Å². The second kappa shape index (κ2) is 7.59. The summed E-state index contributed by atoms with van der Waals surface area (Å²) in [6.07, 6.45) is -3.72. The van der Waals surface area contributed by atoms with Crippen molar-refractivity contribution in [1.29, 1.82) is 0 Å². The second-order valence-electron chi connectivity index (χ2n) is 9.13. The van der Waals surface area contributed by atoms with E-state index >= 15 is 0 Å². The van der Waals surface area contributed by atoms with Gasteiger partial charge in [-0.15, -0.1) is 13.2 Å². The number of benzene rings is 1. The minimum absolute atomic E-state index is 0.0342. The Morgan fingerprint density at radius 2 is 1.67 bits per heavy atom. The molecule has 0 aromatic heterocycles. The Hall–Kier alpha value is -2.58. The molecule has 0 radical (unpaired) electrons. The summed E-state index contributed by atoms with van der Waals surface area (Å²) in [6.45, 7) is 6.33. The maximum absolute atomic E-state index is 13.1. The summed E-state index contributed by atoms with van der Waals surface area (Å²) in [6, 6.07) is 5.09. The van der Waals surface area contributed by atoms with Crippen LogP contribution >= 0.6 is 0 Å². The van der Waals surface area contributed by atoms with Crippen molar-refractivity contribution >= 4 is 23.4 Å². The number of hydrogen-bond donors (Lipinski definition) is 0. The molecule has 9 heteroatoms. The molecule has 3 rings (SSSR count). The predicted octanol–water partition coefficient (Wildman–Crippen LogP) is 3.89. The fourth-order valence-electron chi connectivity index (χ4n) is 4.03. The third-order valence-electron chi connectivity index (χ3n) is 5.48. The lowest BCUT2D eigenvalue weighted by Gasteiger charge is -2.37. The van der Waals surface area contributed by atoms with Crippen molar-refractivity contribution in [3.63, 3.8) is 0 Å². The third kappa shape index (κ3) is 4.76. The van der Waals surface area contributed by atoms with Crippen molar-refractivity contribution < 1.29 is 32.3 Å². The molecule has 164 valence electrons. The number of ether oxygens (including phenoxy) is 1. The third-order valence-corrected chi connectivity index (χ3v) is 5.48. The van der Waals surface area contributed by atoms with Gasteiger partial charge in [-0.25, -0.2) is 0 Å². The summed E-state index contributed by atoms with van der Waals surface area (Å²) in [5, 5.41) is 0. The van der Waals surface area contributed by atoms with Gasteiger partial charge in [0.2, 0.25) is 17.7 Å². The van der Waals surface area contributed by atoms with Crippen molar-refractivity contribution in [2.45, 2.75) is 52.8 Å². The van der Waals surface area contributed by atoms with Crippen molar-refractivity contribution in [2.75, 3.05) is 18.0 Å². The topological polar surface area (TPSA) is 66.9 Å². The highest BCUT2D eigenvalue weighted by molar-refractivity contribution is 6.05. The van der Waals surface area contributed by atoms with Gasteiger partial charge in [0.25, 0.3) is 0 Å². The molecule has 6 nitrogen and oxygen atoms in total. The lowest BCUT2D eigenvalue weighted by molar-refractivity contribution is -0.274. The van der Waals surface area contributed by atoms with Gasteiger partial charge in [0, 0.05) is 31.6 Å². The first-order chi connectivity index (χ1) is 13.8. The van der Waals surface area contributed by atoms with Crippen molar-refractivity contribution in [2.24, 2.45) is 10.8 Å². The molecule has 0 bridgehead atoms. The van der Waals surface area contributed by atoms with Crippen LogP contribution in [-0.2, 0) is 14.4 Å². The van der Waals surface area contributed by atoms with Gasteiger partial charge in [-0.05, 0) is 42.5 Å². The van der Waals surface area contributed by atoms with E-state index < -0.39 is 11.8 Å². The highest BCUT2D eigenvalue weighted by Crippen LogP contribution is 2.44. The standard InChI is InChI=1S/C21H25F3N2O4/c1-19(2,3)12-16(27)26-11-9-20(13-17(26)28)8-10-25(18(20)29)14-4-6-15(7-5-14)30-21(22,23)24/h4-7H,8-13H2,1-3H3. The molecule has 3 amide bonds. The van der Waals surface area contributed by atoms with Crippen LogP contribution < -0.4 is 9.64 Å². The summed E-state index contributed by atoms with van der Waals surface area (Å²) in [7, 11) is 0. The Kier molecular flexibility index (Phi) is 5.60. The summed E-state index contributed by atoms with van der Waals surface area (Å²) >= 11 is 0. The van der Waals surface area contributed by atoms with E-state index in [-0.39, 0.29) is 48.3 Å². The number of piperidine rings is 1. The molecule has 0 saturated carbocycles. The zero-order valence-electron chi connectivity index (χ0n) is 17.2. The first kappa shape index (κ1) is 22.1. The largest absolute Gasteiger partial charge is 0.573 e. The molecule has 2 heterocycles. The van der Waals surface area contributed by atoms with E-state index in [1.54, 1.807) is 0 Å². The maximum Gasteiger partial charge on any atom is 0.573 e. The molecule has 1 unspecified atom stereocenters. The van der Waals surface area contributed by atoms with Crippen molar-refractivity contribution in [1.82, 2.24) is 4.90 Å². The normalized spacial score (nSPS) is 22.7. The Balaban J connectivity index is 1.68. The van der Waals surface area contributed by atoms with E-state index in [4.69, 9.17) is 0 Å². The van der Waals surface area contributed by atoms with Crippen LogP contribution in [0.4, 0.5) is 18.9 Å². The van der Waals surface area contributed by atoms with Crippen molar-refractivity contribution in [3.8, 4) is 5.75 Å². The number of likely N-dealkylation sites (tertiary alicyclic amines) is 1. The highest BCUT2D eigenvalue weighted by Gasteiger charge is 2.52. The Morgan fingerprint density at radius 3 is 2.20 bits per heavy atom. The molecule has 2 aliphatic rings. The molecule has 0 aliphatic carbocycles. The average molecular weight is 426 g/mol. The number of anilines is 1. The van der Waals surface area contributed by atoms with E-state index in [0.29, 0.717) is 25.1 Å². The van der Waals surface area contributed by atoms with Crippen LogP contribution in [0.25, 0.3) is 0 Å². The van der Waals surface area contributed by atoms with Crippen LogP contribution in [-0.4, -0.2) is 42.1 Å². The van der Waals surface area contributed by atoms with E-state index in [9.17, 15) is 27.6 Å². The van der Waals surface area contributed by atoms with Gasteiger partial charge in [0.15, 0.2) is 0 Å². The van der Waals surface area contributed by atoms with Crippen LogP contribution in [0, 0.1) is 10.8 Å². The lowest BCUT2D eigenvalue weighted by Crippen LogP contribution is -2.50.